The van der Waals surface area contributed by atoms with E-state index in [4.69, 9.17) is 0 Å². The summed E-state index contributed by atoms with van der Waals surface area (Å²) in [4.78, 5) is 17.3. The van der Waals surface area contributed by atoms with Crippen molar-refractivity contribution in [3.8, 4) is 0 Å². The van der Waals surface area contributed by atoms with E-state index in [0.29, 0.717) is 11.6 Å². The average molecular weight is 312 g/mol. The molecule has 0 unspecified atom stereocenters. The Hall–Kier alpha value is -2.17. The summed E-state index contributed by atoms with van der Waals surface area (Å²) < 4.78 is 1.67. The van der Waals surface area contributed by atoms with Crippen LogP contribution in [0.4, 0.5) is 0 Å². The number of pyridine rings is 1. The van der Waals surface area contributed by atoms with Crippen molar-refractivity contribution in [1.82, 2.24) is 20.1 Å². The Morgan fingerprint density at radius 1 is 1.43 bits per heavy atom. The molecule has 0 radical (unpaired) electrons. The van der Waals surface area contributed by atoms with Crippen LogP contribution >= 0.6 is 0 Å². The van der Waals surface area contributed by atoms with Crippen molar-refractivity contribution < 1.29 is 4.79 Å². The molecule has 2 aromatic heterocycles. The van der Waals surface area contributed by atoms with Crippen molar-refractivity contribution in [2.24, 2.45) is 13.0 Å². The zero-order valence-electron chi connectivity index (χ0n) is 14.0. The number of hydrogen-bond donors (Lipinski definition) is 1. The smallest absolute Gasteiger partial charge is 0.270 e. The third-order valence-corrected chi connectivity index (χ3v) is 4.28. The van der Waals surface area contributed by atoms with Crippen LogP contribution < -0.4 is 5.32 Å². The lowest BCUT2D eigenvalue weighted by atomic mass is 10.1. The van der Waals surface area contributed by atoms with Crippen LogP contribution in [-0.2, 0) is 13.5 Å². The van der Waals surface area contributed by atoms with Crippen LogP contribution in [0.3, 0.4) is 0 Å². The molecule has 3 rings (SSSR count). The van der Waals surface area contributed by atoms with Gasteiger partial charge in [0.1, 0.15) is 5.69 Å². The molecule has 5 nitrogen and oxygen atoms in total. The molecule has 1 saturated carbocycles. The number of aryl methyl sites for hydroxylation is 3. The first-order chi connectivity index (χ1) is 11.1. The highest BCUT2D eigenvalue weighted by molar-refractivity contribution is 5.93. The molecule has 0 saturated heterocycles. The van der Waals surface area contributed by atoms with Gasteiger partial charge >= 0.3 is 0 Å². The molecule has 1 aliphatic rings. The van der Waals surface area contributed by atoms with Gasteiger partial charge in [0.2, 0.25) is 0 Å². The van der Waals surface area contributed by atoms with Gasteiger partial charge in [0, 0.05) is 12.7 Å². The van der Waals surface area contributed by atoms with Gasteiger partial charge in [-0.25, -0.2) is 0 Å². The molecule has 2 aromatic rings. The molecule has 0 aliphatic heterocycles. The molecular formula is C18H24N4O. The minimum atomic E-state index is -0.0671. The van der Waals surface area contributed by atoms with Gasteiger partial charge in [0.05, 0.1) is 17.4 Å². The Balaban J connectivity index is 1.79. The van der Waals surface area contributed by atoms with Gasteiger partial charge in [-0.15, -0.1) is 0 Å². The molecule has 1 fully saturated rings. The molecule has 1 aliphatic carbocycles. The molecule has 23 heavy (non-hydrogen) atoms. The monoisotopic (exact) mass is 312 g/mol. The quantitative estimate of drug-likeness (QED) is 0.892. The molecule has 0 spiro atoms. The number of nitrogens with zero attached hydrogens (tertiary/aromatic N) is 3. The van der Waals surface area contributed by atoms with E-state index in [2.05, 4.69) is 22.3 Å². The fraction of sp³-hybridized carbons (Fsp3) is 0.500. The second-order valence-electron chi connectivity index (χ2n) is 6.39. The molecule has 5 heteroatoms. The number of aromatic nitrogens is 3. The second kappa shape index (κ2) is 6.52. The number of carbonyl (C=O) groups is 1. The molecule has 2 heterocycles. The predicted octanol–water partition coefficient (Wildman–Crippen LogP) is 2.96. The predicted molar refractivity (Wildman–Crippen MR) is 89.1 cm³/mol. The normalized spacial score (nSPS) is 15.4. The van der Waals surface area contributed by atoms with E-state index in [1.54, 1.807) is 4.68 Å². The first-order valence-electron chi connectivity index (χ1n) is 8.35. The molecule has 122 valence electrons. The van der Waals surface area contributed by atoms with Gasteiger partial charge in [0.25, 0.3) is 5.91 Å². The lowest BCUT2D eigenvalue weighted by Crippen LogP contribution is -2.31. The third kappa shape index (κ3) is 3.60. The molecule has 1 atom stereocenters. The molecule has 0 aromatic carbocycles. The largest absolute Gasteiger partial charge is 0.342 e. The zero-order chi connectivity index (χ0) is 16.4. The lowest BCUT2D eigenvalue weighted by molar-refractivity contribution is 0.0921. The summed E-state index contributed by atoms with van der Waals surface area (Å²) in [5.74, 6) is 0.430. The third-order valence-electron chi connectivity index (χ3n) is 4.28. The minimum absolute atomic E-state index is 0.00748. The van der Waals surface area contributed by atoms with Crippen LogP contribution in [-0.4, -0.2) is 20.7 Å². The fourth-order valence-corrected chi connectivity index (χ4v) is 2.93. The summed E-state index contributed by atoms with van der Waals surface area (Å²) in [5, 5.41) is 7.59. The number of rotatable bonds is 6. The number of amides is 1. The van der Waals surface area contributed by atoms with Gasteiger partial charge in [-0.3, -0.25) is 14.5 Å². The van der Waals surface area contributed by atoms with Crippen molar-refractivity contribution in [2.75, 3.05) is 0 Å². The van der Waals surface area contributed by atoms with Crippen LogP contribution in [0.5, 0.6) is 0 Å². The lowest BCUT2D eigenvalue weighted by Gasteiger charge is -2.18. The van der Waals surface area contributed by atoms with Crippen molar-refractivity contribution in [3.63, 3.8) is 0 Å². The molecule has 1 amide bonds. The molecular weight excluding hydrogens is 288 g/mol. The van der Waals surface area contributed by atoms with Crippen LogP contribution in [0.2, 0.25) is 0 Å². The van der Waals surface area contributed by atoms with Crippen LogP contribution in [0.1, 0.15) is 59.8 Å². The van der Waals surface area contributed by atoms with Crippen molar-refractivity contribution in [1.29, 1.82) is 0 Å². The second-order valence-corrected chi connectivity index (χ2v) is 6.39. The summed E-state index contributed by atoms with van der Waals surface area (Å²) in [6, 6.07) is 7.87. The van der Waals surface area contributed by atoms with Crippen LogP contribution in [0.15, 0.2) is 24.3 Å². The van der Waals surface area contributed by atoms with Crippen molar-refractivity contribution in [2.45, 2.75) is 45.6 Å². The Labute approximate surface area is 137 Å². The fourth-order valence-electron chi connectivity index (χ4n) is 2.93. The topological polar surface area (TPSA) is 59.8 Å². The van der Waals surface area contributed by atoms with E-state index < -0.39 is 0 Å². The van der Waals surface area contributed by atoms with Gasteiger partial charge in [-0.2, -0.15) is 5.10 Å². The molecule has 0 bridgehead atoms. The van der Waals surface area contributed by atoms with Crippen LogP contribution in [0.25, 0.3) is 0 Å². The van der Waals surface area contributed by atoms with Gasteiger partial charge in [0.15, 0.2) is 0 Å². The summed E-state index contributed by atoms with van der Waals surface area (Å²) in [5.41, 5.74) is 3.52. The first-order valence-corrected chi connectivity index (χ1v) is 8.35. The standard InChI is InChI=1S/C18H24N4O/c1-4-6-14-11-16(22(3)21-14)18(23)20-17(13-9-10-13)15-8-5-7-12(2)19-15/h5,7-8,11,13,17H,4,6,9-10H2,1-3H3,(H,20,23)/t17-/m0/s1. The Morgan fingerprint density at radius 3 is 2.87 bits per heavy atom. The van der Waals surface area contributed by atoms with Crippen molar-refractivity contribution in [3.05, 3.63) is 47.0 Å². The van der Waals surface area contributed by atoms with Gasteiger partial charge in [-0.1, -0.05) is 19.4 Å². The highest BCUT2D eigenvalue weighted by Gasteiger charge is 2.35. The first kappa shape index (κ1) is 15.7. The Kier molecular flexibility index (Phi) is 4.46. The maximum atomic E-state index is 12.7. The van der Waals surface area contributed by atoms with Crippen molar-refractivity contribution >= 4 is 5.91 Å². The zero-order valence-corrected chi connectivity index (χ0v) is 14.0. The summed E-state index contributed by atoms with van der Waals surface area (Å²) in [6.07, 6.45) is 4.21. The van der Waals surface area contributed by atoms with E-state index in [9.17, 15) is 4.79 Å². The Bertz CT molecular complexity index is 703. The number of hydrogen-bond acceptors (Lipinski definition) is 3. The van der Waals surface area contributed by atoms with Crippen LogP contribution in [0, 0.1) is 12.8 Å². The summed E-state index contributed by atoms with van der Waals surface area (Å²) >= 11 is 0. The summed E-state index contributed by atoms with van der Waals surface area (Å²) in [6.45, 7) is 4.09. The minimum Gasteiger partial charge on any atom is -0.342 e. The van der Waals surface area contributed by atoms with E-state index in [0.717, 1.165) is 42.8 Å². The van der Waals surface area contributed by atoms with Gasteiger partial charge in [-0.05, 0) is 50.3 Å². The Morgan fingerprint density at radius 2 is 2.22 bits per heavy atom. The highest BCUT2D eigenvalue weighted by atomic mass is 16.2. The average Bonchev–Trinajstić information content (AvgIpc) is 3.28. The SMILES string of the molecule is CCCc1cc(C(=O)N[C@H](c2cccc(C)n2)C2CC2)n(C)n1. The maximum Gasteiger partial charge on any atom is 0.270 e. The number of carbonyl (C=O) groups excluding carboxylic acids is 1. The summed E-state index contributed by atoms with van der Waals surface area (Å²) in [7, 11) is 1.82. The maximum absolute atomic E-state index is 12.7. The van der Waals surface area contributed by atoms with E-state index >= 15 is 0 Å². The van der Waals surface area contributed by atoms with E-state index in [-0.39, 0.29) is 11.9 Å². The van der Waals surface area contributed by atoms with E-state index in [1.807, 2.05) is 38.2 Å². The van der Waals surface area contributed by atoms with Gasteiger partial charge < -0.3 is 5.32 Å². The van der Waals surface area contributed by atoms with E-state index in [1.165, 1.54) is 0 Å². The number of nitrogens with one attached hydrogen (secondary N) is 1. The molecule has 1 N–H and O–H groups in total. The highest BCUT2D eigenvalue weighted by Crippen LogP contribution is 2.40.